The SMILES string of the molecule is FCC(F)c1ccc(-c2ccc(C(F)CF)cc2)cc1. The van der Waals surface area contributed by atoms with Gasteiger partial charge >= 0.3 is 0 Å². The van der Waals surface area contributed by atoms with Gasteiger partial charge in [-0.2, -0.15) is 0 Å². The number of hydrogen-bond acceptors (Lipinski definition) is 0. The van der Waals surface area contributed by atoms with Gasteiger partial charge in [0, 0.05) is 0 Å². The highest BCUT2D eigenvalue weighted by atomic mass is 19.2. The van der Waals surface area contributed by atoms with E-state index in [9.17, 15) is 17.6 Å². The molecular weight excluding hydrogens is 268 g/mol. The molecule has 0 nitrogen and oxygen atoms in total. The Morgan fingerprint density at radius 1 is 0.600 bits per heavy atom. The Morgan fingerprint density at radius 2 is 0.900 bits per heavy atom. The molecule has 2 atom stereocenters. The fraction of sp³-hybridized carbons (Fsp3) is 0.250. The fourth-order valence-electron chi connectivity index (χ4n) is 1.95. The zero-order valence-corrected chi connectivity index (χ0v) is 10.7. The summed E-state index contributed by atoms with van der Waals surface area (Å²) in [5.41, 5.74) is 2.19. The molecular formula is C16H14F4. The lowest BCUT2D eigenvalue weighted by Gasteiger charge is -2.08. The zero-order valence-electron chi connectivity index (χ0n) is 10.7. The third-order valence-electron chi connectivity index (χ3n) is 3.15. The van der Waals surface area contributed by atoms with Crippen molar-refractivity contribution in [1.29, 1.82) is 0 Å². The first kappa shape index (κ1) is 14.6. The van der Waals surface area contributed by atoms with Gasteiger partial charge in [-0.3, -0.25) is 0 Å². The van der Waals surface area contributed by atoms with E-state index in [1.54, 1.807) is 24.3 Å². The summed E-state index contributed by atoms with van der Waals surface area (Å²) in [5, 5.41) is 0. The highest BCUT2D eigenvalue weighted by molar-refractivity contribution is 5.64. The number of rotatable bonds is 5. The van der Waals surface area contributed by atoms with Crippen LogP contribution in [0.3, 0.4) is 0 Å². The van der Waals surface area contributed by atoms with Crippen molar-refractivity contribution in [2.45, 2.75) is 12.3 Å². The van der Waals surface area contributed by atoms with E-state index in [4.69, 9.17) is 0 Å². The van der Waals surface area contributed by atoms with Crippen molar-refractivity contribution in [1.82, 2.24) is 0 Å². The van der Waals surface area contributed by atoms with E-state index in [1.807, 2.05) is 0 Å². The molecule has 0 saturated carbocycles. The van der Waals surface area contributed by atoms with Crippen LogP contribution in [0.5, 0.6) is 0 Å². The van der Waals surface area contributed by atoms with E-state index in [2.05, 4.69) is 0 Å². The Kier molecular flexibility index (Phi) is 4.77. The average molecular weight is 282 g/mol. The van der Waals surface area contributed by atoms with Crippen molar-refractivity contribution in [3.63, 3.8) is 0 Å². The number of alkyl halides is 4. The van der Waals surface area contributed by atoms with Gasteiger partial charge in [-0.1, -0.05) is 48.5 Å². The monoisotopic (exact) mass is 282 g/mol. The number of benzene rings is 2. The highest BCUT2D eigenvalue weighted by Gasteiger charge is 2.10. The first-order chi connectivity index (χ1) is 9.65. The van der Waals surface area contributed by atoms with Crippen LogP contribution in [-0.4, -0.2) is 13.3 Å². The molecule has 4 heteroatoms. The minimum Gasteiger partial charge on any atom is -0.248 e. The van der Waals surface area contributed by atoms with Gasteiger partial charge in [0.2, 0.25) is 0 Å². The maximum Gasteiger partial charge on any atom is 0.153 e. The third-order valence-corrected chi connectivity index (χ3v) is 3.15. The molecule has 0 aliphatic carbocycles. The molecule has 0 aliphatic heterocycles. The molecule has 0 spiro atoms. The van der Waals surface area contributed by atoms with Crippen molar-refractivity contribution < 1.29 is 17.6 Å². The van der Waals surface area contributed by atoms with Crippen LogP contribution < -0.4 is 0 Å². The minimum absolute atomic E-state index is 0.286. The van der Waals surface area contributed by atoms with E-state index in [-0.39, 0.29) is 11.1 Å². The van der Waals surface area contributed by atoms with Crippen LogP contribution in [0.2, 0.25) is 0 Å². The van der Waals surface area contributed by atoms with Gasteiger partial charge in [-0.15, -0.1) is 0 Å². The fourth-order valence-corrected chi connectivity index (χ4v) is 1.95. The van der Waals surface area contributed by atoms with Crippen molar-refractivity contribution in [3.8, 4) is 11.1 Å². The average Bonchev–Trinajstić information content (AvgIpc) is 2.53. The quantitative estimate of drug-likeness (QED) is 0.651. The summed E-state index contributed by atoms with van der Waals surface area (Å²) in [6, 6.07) is 12.8. The Morgan fingerprint density at radius 3 is 1.15 bits per heavy atom. The summed E-state index contributed by atoms with van der Waals surface area (Å²) in [7, 11) is 0. The summed E-state index contributed by atoms with van der Waals surface area (Å²) in [5.74, 6) is 0. The summed E-state index contributed by atoms with van der Waals surface area (Å²) in [6.45, 7) is -2.09. The lowest BCUT2D eigenvalue weighted by Crippen LogP contribution is -1.94. The van der Waals surface area contributed by atoms with Crippen LogP contribution in [0.15, 0.2) is 48.5 Å². The van der Waals surface area contributed by atoms with E-state index >= 15 is 0 Å². The molecule has 0 bridgehead atoms. The topological polar surface area (TPSA) is 0 Å². The molecule has 0 N–H and O–H groups in total. The third kappa shape index (κ3) is 3.18. The lowest BCUT2D eigenvalue weighted by atomic mass is 10.0. The smallest absolute Gasteiger partial charge is 0.153 e. The Balaban J connectivity index is 2.19. The summed E-state index contributed by atoms with van der Waals surface area (Å²) in [4.78, 5) is 0. The lowest BCUT2D eigenvalue weighted by molar-refractivity contribution is 0.266. The second-order valence-corrected chi connectivity index (χ2v) is 4.49. The highest BCUT2D eigenvalue weighted by Crippen LogP contribution is 2.26. The van der Waals surface area contributed by atoms with Crippen molar-refractivity contribution in [2.75, 3.05) is 13.3 Å². The molecule has 2 unspecified atom stereocenters. The van der Waals surface area contributed by atoms with E-state index in [1.165, 1.54) is 24.3 Å². The molecule has 2 aromatic carbocycles. The first-order valence-corrected chi connectivity index (χ1v) is 6.26. The predicted molar refractivity (Wildman–Crippen MR) is 71.5 cm³/mol. The summed E-state index contributed by atoms with van der Waals surface area (Å²) >= 11 is 0. The molecule has 0 aromatic heterocycles. The predicted octanol–water partition coefficient (Wildman–Crippen LogP) is 5.31. The van der Waals surface area contributed by atoms with Crippen LogP contribution in [0.1, 0.15) is 23.5 Å². The second-order valence-electron chi connectivity index (χ2n) is 4.49. The van der Waals surface area contributed by atoms with Crippen molar-refractivity contribution >= 4 is 0 Å². The molecule has 2 aromatic rings. The van der Waals surface area contributed by atoms with Gasteiger partial charge in [-0.05, 0) is 22.3 Å². The maximum absolute atomic E-state index is 13.1. The van der Waals surface area contributed by atoms with Crippen LogP contribution >= 0.6 is 0 Å². The molecule has 0 radical (unpaired) electrons. The second kappa shape index (κ2) is 6.55. The molecule has 0 heterocycles. The molecule has 20 heavy (non-hydrogen) atoms. The van der Waals surface area contributed by atoms with Crippen LogP contribution in [0.4, 0.5) is 17.6 Å². The Hall–Kier alpha value is -1.84. The van der Waals surface area contributed by atoms with Gasteiger partial charge in [0.05, 0.1) is 0 Å². The van der Waals surface area contributed by atoms with Crippen LogP contribution in [0, 0.1) is 0 Å². The molecule has 0 saturated heterocycles. The van der Waals surface area contributed by atoms with Gasteiger partial charge < -0.3 is 0 Å². The van der Waals surface area contributed by atoms with Crippen LogP contribution in [0.25, 0.3) is 11.1 Å². The Labute approximate surface area is 115 Å². The zero-order chi connectivity index (χ0) is 14.5. The van der Waals surface area contributed by atoms with Crippen molar-refractivity contribution in [3.05, 3.63) is 59.7 Å². The number of halogens is 4. The standard InChI is InChI=1S/C16H14F4/c17-9-15(19)13-5-1-11(2-6-13)12-3-7-14(8-4-12)16(20)10-18/h1-8,15-16H,9-10H2. The molecule has 2 rings (SSSR count). The molecule has 0 aliphatic rings. The Bertz CT molecular complexity index is 482. The minimum atomic E-state index is -1.61. The number of hydrogen-bond donors (Lipinski definition) is 0. The van der Waals surface area contributed by atoms with Crippen molar-refractivity contribution in [2.24, 2.45) is 0 Å². The van der Waals surface area contributed by atoms with E-state index in [0.29, 0.717) is 0 Å². The summed E-state index contributed by atoms with van der Waals surface area (Å²) < 4.78 is 50.7. The largest absolute Gasteiger partial charge is 0.248 e. The van der Waals surface area contributed by atoms with Gasteiger partial charge in [0.25, 0.3) is 0 Å². The van der Waals surface area contributed by atoms with E-state index < -0.39 is 25.7 Å². The van der Waals surface area contributed by atoms with Gasteiger partial charge in [0.15, 0.2) is 12.3 Å². The van der Waals surface area contributed by atoms with Crippen LogP contribution in [-0.2, 0) is 0 Å². The first-order valence-electron chi connectivity index (χ1n) is 6.26. The van der Waals surface area contributed by atoms with E-state index in [0.717, 1.165) is 11.1 Å². The molecule has 0 fully saturated rings. The maximum atomic E-state index is 13.1. The normalized spacial score (nSPS) is 14.0. The molecule has 106 valence electrons. The van der Waals surface area contributed by atoms with Gasteiger partial charge in [-0.25, -0.2) is 17.6 Å². The van der Waals surface area contributed by atoms with Gasteiger partial charge in [0.1, 0.15) is 13.3 Å². The summed E-state index contributed by atoms with van der Waals surface area (Å²) in [6.07, 6.45) is -3.22. The molecule has 0 amide bonds.